The molecule has 8 heteroatoms. The van der Waals surface area contributed by atoms with Crippen LogP contribution in [0.2, 0.25) is 0 Å². The van der Waals surface area contributed by atoms with Gasteiger partial charge < -0.3 is 19.5 Å². The predicted molar refractivity (Wildman–Crippen MR) is 90.3 cm³/mol. The average Bonchev–Trinajstić information content (AvgIpc) is 2.92. The Morgan fingerprint density at radius 3 is 2.68 bits per heavy atom. The molecular formula is C17H26N4O4. The van der Waals surface area contributed by atoms with Gasteiger partial charge in [-0.3, -0.25) is 14.5 Å². The topological polar surface area (TPSA) is 87.9 Å². The second-order valence-electron chi connectivity index (χ2n) is 7.02. The molecule has 1 unspecified atom stereocenters. The number of ether oxygens (including phenoxy) is 1. The van der Waals surface area contributed by atoms with Gasteiger partial charge in [0, 0.05) is 20.0 Å². The first-order valence-corrected chi connectivity index (χ1v) is 8.71. The van der Waals surface area contributed by atoms with E-state index in [1.54, 1.807) is 18.9 Å². The highest BCUT2D eigenvalue weighted by Gasteiger charge is 2.51. The molecule has 1 aromatic heterocycles. The highest BCUT2D eigenvalue weighted by molar-refractivity contribution is 5.97. The van der Waals surface area contributed by atoms with Crippen LogP contribution >= 0.6 is 0 Å². The zero-order valence-corrected chi connectivity index (χ0v) is 15.3. The quantitative estimate of drug-likeness (QED) is 0.835. The molecule has 2 aliphatic rings. The molecule has 2 aliphatic heterocycles. The van der Waals surface area contributed by atoms with E-state index in [0.717, 1.165) is 6.42 Å². The van der Waals surface area contributed by atoms with Crippen LogP contribution in [0.15, 0.2) is 4.52 Å². The second-order valence-corrected chi connectivity index (χ2v) is 7.02. The van der Waals surface area contributed by atoms with Crippen molar-refractivity contribution in [1.29, 1.82) is 0 Å². The van der Waals surface area contributed by atoms with Crippen molar-refractivity contribution in [3.63, 3.8) is 0 Å². The molecule has 2 saturated heterocycles. The maximum absolute atomic E-state index is 12.8. The van der Waals surface area contributed by atoms with E-state index in [-0.39, 0.29) is 23.5 Å². The SMILES string of the molecule is CCCc1onc(C)c1C(=O)N1CC2(C1)CN(C)C(C(=O)NC)CO2. The maximum Gasteiger partial charge on any atom is 0.259 e. The minimum atomic E-state index is -0.384. The molecule has 0 aromatic carbocycles. The van der Waals surface area contributed by atoms with Gasteiger partial charge in [0.25, 0.3) is 5.91 Å². The van der Waals surface area contributed by atoms with Gasteiger partial charge in [-0.15, -0.1) is 0 Å². The molecule has 1 spiro atoms. The van der Waals surface area contributed by atoms with Gasteiger partial charge in [-0.1, -0.05) is 12.1 Å². The number of hydrogen-bond acceptors (Lipinski definition) is 6. The molecule has 1 atom stereocenters. The van der Waals surface area contributed by atoms with E-state index >= 15 is 0 Å². The van der Waals surface area contributed by atoms with E-state index in [1.807, 2.05) is 18.9 Å². The van der Waals surface area contributed by atoms with Crippen LogP contribution in [0.1, 0.15) is 35.2 Å². The molecule has 0 saturated carbocycles. The molecule has 2 fully saturated rings. The van der Waals surface area contributed by atoms with Crippen molar-refractivity contribution < 1.29 is 18.8 Å². The number of carbonyl (C=O) groups is 2. The Labute approximate surface area is 147 Å². The summed E-state index contributed by atoms with van der Waals surface area (Å²) in [6.07, 6.45) is 1.60. The van der Waals surface area contributed by atoms with Gasteiger partial charge in [-0.05, 0) is 20.4 Å². The first kappa shape index (κ1) is 17.9. The molecule has 0 radical (unpaired) electrons. The van der Waals surface area contributed by atoms with Crippen molar-refractivity contribution in [2.45, 2.75) is 38.3 Å². The lowest BCUT2D eigenvalue weighted by Gasteiger charge is -2.54. The van der Waals surface area contributed by atoms with Gasteiger partial charge in [-0.25, -0.2) is 0 Å². The molecule has 3 heterocycles. The van der Waals surface area contributed by atoms with Gasteiger partial charge in [0.2, 0.25) is 5.91 Å². The minimum absolute atomic E-state index is 0.0473. The van der Waals surface area contributed by atoms with Crippen LogP contribution < -0.4 is 5.32 Å². The van der Waals surface area contributed by atoms with E-state index in [1.165, 1.54) is 0 Å². The number of likely N-dealkylation sites (tertiary alicyclic amines) is 1. The van der Waals surface area contributed by atoms with Crippen molar-refractivity contribution in [1.82, 2.24) is 20.3 Å². The number of aromatic nitrogens is 1. The van der Waals surface area contributed by atoms with Gasteiger partial charge in [0.15, 0.2) is 0 Å². The largest absolute Gasteiger partial charge is 0.368 e. The number of likely N-dealkylation sites (N-methyl/N-ethyl adjacent to an activating group) is 2. The number of amides is 2. The Morgan fingerprint density at radius 2 is 2.08 bits per heavy atom. The molecule has 0 aliphatic carbocycles. The Balaban J connectivity index is 1.64. The molecule has 0 bridgehead atoms. The van der Waals surface area contributed by atoms with Gasteiger partial charge in [-0.2, -0.15) is 0 Å². The van der Waals surface area contributed by atoms with E-state index in [4.69, 9.17) is 9.26 Å². The lowest BCUT2D eigenvalue weighted by Crippen LogP contribution is -2.73. The van der Waals surface area contributed by atoms with Crippen LogP contribution in [0.4, 0.5) is 0 Å². The predicted octanol–water partition coefficient (Wildman–Crippen LogP) is 0.207. The smallest absolute Gasteiger partial charge is 0.259 e. The van der Waals surface area contributed by atoms with Crippen molar-refractivity contribution >= 4 is 11.8 Å². The third-order valence-electron chi connectivity index (χ3n) is 5.04. The molecule has 2 amide bonds. The second kappa shape index (κ2) is 6.76. The Morgan fingerprint density at radius 1 is 1.36 bits per heavy atom. The summed E-state index contributed by atoms with van der Waals surface area (Å²) in [5.41, 5.74) is 0.838. The molecule has 1 aromatic rings. The molecule has 1 N–H and O–H groups in total. The van der Waals surface area contributed by atoms with Crippen LogP contribution in [0.3, 0.4) is 0 Å². The molecular weight excluding hydrogens is 324 g/mol. The number of nitrogens with one attached hydrogen (secondary N) is 1. The fourth-order valence-corrected chi connectivity index (χ4v) is 3.67. The zero-order chi connectivity index (χ0) is 18.2. The zero-order valence-electron chi connectivity index (χ0n) is 15.3. The van der Waals surface area contributed by atoms with E-state index in [9.17, 15) is 9.59 Å². The fraction of sp³-hybridized carbons (Fsp3) is 0.706. The van der Waals surface area contributed by atoms with Crippen LogP contribution in [0.5, 0.6) is 0 Å². The number of aryl methyl sites for hydroxylation is 2. The first-order chi connectivity index (χ1) is 11.9. The fourth-order valence-electron chi connectivity index (χ4n) is 3.67. The third kappa shape index (κ3) is 3.16. The minimum Gasteiger partial charge on any atom is -0.368 e. The number of carbonyl (C=O) groups excluding carboxylic acids is 2. The first-order valence-electron chi connectivity index (χ1n) is 8.71. The van der Waals surface area contributed by atoms with Crippen molar-refractivity contribution in [3.05, 3.63) is 17.0 Å². The van der Waals surface area contributed by atoms with Crippen molar-refractivity contribution in [2.75, 3.05) is 40.3 Å². The van der Waals surface area contributed by atoms with E-state index in [0.29, 0.717) is 49.7 Å². The monoisotopic (exact) mass is 350 g/mol. The summed E-state index contributed by atoms with van der Waals surface area (Å²) in [5, 5.41) is 6.60. The molecule has 138 valence electrons. The van der Waals surface area contributed by atoms with Crippen LogP contribution in [-0.4, -0.2) is 78.8 Å². The van der Waals surface area contributed by atoms with Crippen molar-refractivity contribution in [2.24, 2.45) is 0 Å². The average molecular weight is 350 g/mol. The Hall–Kier alpha value is -1.93. The Bertz CT molecular complexity index is 666. The molecule has 3 rings (SSSR count). The maximum atomic E-state index is 12.8. The van der Waals surface area contributed by atoms with Gasteiger partial charge in [0.1, 0.15) is 23.0 Å². The number of hydrogen-bond donors (Lipinski definition) is 1. The van der Waals surface area contributed by atoms with E-state index < -0.39 is 0 Å². The lowest BCUT2D eigenvalue weighted by molar-refractivity contribution is -0.187. The summed E-state index contributed by atoms with van der Waals surface area (Å²) in [6.45, 7) is 5.84. The molecule has 8 nitrogen and oxygen atoms in total. The van der Waals surface area contributed by atoms with Gasteiger partial charge in [0.05, 0.1) is 25.4 Å². The normalized spacial score (nSPS) is 22.7. The highest BCUT2D eigenvalue weighted by Crippen LogP contribution is 2.32. The summed E-state index contributed by atoms with van der Waals surface area (Å²) >= 11 is 0. The summed E-state index contributed by atoms with van der Waals surface area (Å²) in [6, 6.07) is -0.281. The van der Waals surface area contributed by atoms with Gasteiger partial charge >= 0.3 is 0 Å². The van der Waals surface area contributed by atoms with Crippen LogP contribution in [0.25, 0.3) is 0 Å². The summed E-state index contributed by atoms with van der Waals surface area (Å²) in [4.78, 5) is 28.4. The van der Waals surface area contributed by atoms with Crippen molar-refractivity contribution in [3.8, 4) is 0 Å². The number of nitrogens with zero attached hydrogens (tertiary/aromatic N) is 3. The van der Waals surface area contributed by atoms with Crippen LogP contribution in [-0.2, 0) is 16.0 Å². The summed E-state index contributed by atoms with van der Waals surface area (Å²) < 4.78 is 11.3. The lowest BCUT2D eigenvalue weighted by atomic mass is 9.89. The van der Waals surface area contributed by atoms with E-state index in [2.05, 4.69) is 10.5 Å². The number of morpholine rings is 1. The standard InChI is InChI=1S/C17H26N4O4/c1-5-6-13-14(11(2)19-25-13)16(23)21-9-17(10-21)8-20(4)12(7-24-17)15(22)18-3/h12H,5-10H2,1-4H3,(H,18,22). The highest BCUT2D eigenvalue weighted by atomic mass is 16.5. The third-order valence-corrected chi connectivity index (χ3v) is 5.04. The Kier molecular flexibility index (Phi) is 4.83. The van der Waals surface area contributed by atoms with Crippen LogP contribution in [0, 0.1) is 6.92 Å². The summed E-state index contributed by atoms with van der Waals surface area (Å²) in [7, 11) is 3.54. The number of rotatable bonds is 4. The summed E-state index contributed by atoms with van der Waals surface area (Å²) in [5.74, 6) is 0.564. The molecule has 25 heavy (non-hydrogen) atoms.